The molecule has 0 fully saturated rings. The molecule has 1 aromatic heterocycles. The van der Waals surface area contributed by atoms with Crippen molar-refractivity contribution in [1.82, 2.24) is 15.4 Å². The molecule has 1 aliphatic rings. The minimum Gasteiger partial charge on any atom is -0.279 e. The summed E-state index contributed by atoms with van der Waals surface area (Å²) in [5, 5.41) is 0. The van der Waals surface area contributed by atoms with Crippen LogP contribution in [-0.2, 0) is 11.3 Å². The predicted octanol–water partition coefficient (Wildman–Crippen LogP) is 2.62. The number of nitrogens with zero attached hydrogens (tertiary/aromatic N) is 2. The van der Waals surface area contributed by atoms with Gasteiger partial charge in [0.05, 0.1) is 24.2 Å². The topological polar surface area (TPSA) is 47.0 Å². The van der Waals surface area contributed by atoms with Crippen LogP contribution in [0.15, 0.2) is 42.7 Å². The summed E-state index contributed by atoms with van der Waals surface area (Å²) in [6.45, 7) is 1.99. The van der Waals surface area contributed by atoms with E-state index in [1.165, 1.54) is 5.56 Å². The molecule has 20 heavy (non-hydrogen) atoms. The smallest absolute Gasteiger partial charge is 0.115 e. The highest BCUT2D eigenvalue weighted by Crippen LogP contribution is 2.33. The number of hydroxylamine groups is 1. The lowest BCUT2D eigenvalue weighted by molar-refractivity contribution is 0.136. The van der Waals surface area contributed by atoms with E-state index < -0.39 is 0 Å². The van der Waals surface area contributed by atoms with Crippen LogP contribution in [0.3, 0.4) is 0 Å². The van der Waals surface area contributed by atoms with Gasteiger partial charge in [0.15, 0.2) is 0 Å². The van der Waals surface area contributed by atoms with Gasteiger partial charge in [0.1, 0.15) is 6.33 Å². The molecule has 4 heteroatoms. The summed E-state index contributed by atoms with van der Waals surface area (Å²) < 4.78 is 0. The Kier molecular flexibility index (Phi) is 3.48. The quantitative estimate of drug-likeness (QED) is 0.868. The van der Waals surface area contributed by atoms with Crippen molar-refractivity contribution in [2.75, 3.05) is 7.11 Å². The third-order valence-corrected chi connectivity index (χ3v) is 3.61. The Bertz CT molecular complexity index is 637. The van der Waals surface area contributed by atoms with Gasteiger partial charge in [0, 0.05) is 17.9 Å². The zero-order chi connectivity index (χ0) is 13.9. The van der Waals surface area contributed by atoms with Crippen molar-refractivity contribution in [1.29, 1.82) is 0 Å². The van der Waals surface area contributed by atoms with E-state index in [-0.39, 0.29) is 0 Å². The van der Waals surface area contributed by atoms with E-state index in [0.717, 1.165) is 29.1 Å². The normalized spacial score (nSPS) is 17.3. The summed E-state index contributed by atoms with van der Waals surface area (Å²) in [4.78, 5) is 13.8. The average molecular weight is 267 g/mol. The summed E-state index contributed by atoms with van der Waals surface area (Å²) in [6, 6.07) is 10.4. The molecule has 1 unspecified atom stereocenters. The van der Waals surface area contributed by atoms with Gasteiger partial charge in [-0.1, -0.05) is 36.4 Å². The van der Waals surface area contributed by atoms with Gasteiger partial charge in [-0.05, 0) is 12.5 Å². The lowest BCUT2D eigenvalue weighted by atomic mass is 9.86. The van der Waals surface area contributed by atoms with Crippen molar-refractivity contribution in [2.24, 2.45) is 0 Å². The fourth-order valence-corrected chi connectivity index (χ4v) is 2.69. The number of aryl methyl sites for hydroxylation is 1. The van der Waals surface area contributed by atoms with E-state index in [0.29, 0.717) is 5.92 Å². The molecule has 0 saturated heterocycles. The van der Waals surface area contributed by atoms with Crippen molar-refractivity contribution in [3.63, 3.8) is 0 Å². The molecule has 1 aromatic carbocycles. The third kappa shape index (κ3) is 2.30. The number of nitrogens with one attached hydrogen (secondary N) is 1. The van der Waals surface area contributed by atoms with Crippen molar-refractivity contribution in [3.8, 4) is 0 Å². The molecule has 1 atom stereocenters. The van der Waals surface area contributed by atoms with Crippen LogP contribution in [0.5, 0.6) is 0 Å². The number of benzene rings is 1. The minimum absolute atomic E-state index is 0.302. The Labute approximate surface area is 118 Å². The molecule has 1 N–H and O–H groups in total. The Morgan fingerprint density at radius 2 is 2.00 bits per heavy atom. The van der Waals surface area contributed by atoms with Gasteiger partial charge in [-0.3, -0.25) is 10.3 Å². The molecular formula is C16H17N3O. The number of fused-ring (bicyclic) bond motifs is 1. The fourth-order valence-electron chi connectivity index (χ4n) is 2.69. The number of hydrogen-bond donors (Lipinski definition) is 1. The molecule has 1 heterocycles. The lowest BCUT2D eigenvalue weighted by Crippen LogP contribution is -2.20. The average Bonchev–Trinajstić information content (AvgIpc) is 2.48. The van der Waals surface area contributed by atoms with Gasteiger partial charge in [-0.2, -0.15) is 0 Å². The molecule has 0 radical (unpaired) electrons. The van der Waals surface area contributed by atoms with Crippen LogP contribution in [0.25, 0.3) is 5.70 Å². The molecule has 3 rings (SSSR count). The SMILES string of the molecule is CONC1=CC(c2ccccc2)Cc2ncnc(C)c21. The second-order valence-corrected chi connectivity index (χ2v) is 4.89. The van der Waals surface area contributed by atoms with Gasteiger partial charge >= 0.3 is 0 Å². The summed E-state index contributed by atoms with van der Waals surface area (Å²) >= 11 is 0. The van der Waals surface area contributed by atoms with E-state index in [4.69, 9.17) is 4.84 Å². The van der Waals surface area contributed by atoms with Gasteiger partial charge < -0.3 is 0 Å². The van der Waals surface area contributed by atoms with Crippen LogP contribution in [0.2, 0.25) is 0 Å². The monoisotopic (exact) mass is 267 g/mol. The van der Waals surface area contributed by atoms with Crippen LogP contribution in [0.4, 0.5) is 0 Å². The Balaban J connectivity index is 2.05. The van der Waals surface area contributed by atoms with Crippen LogP contribution in [0.1, 0.15) is 28.4 Å². The van der Waals surface area contributed by atoms with Crippen LogP contribution in [0, 0.1) is 6.92 Å². The first-order valence-electron chi connectivity index (χ1n) is 6.66. The second-order valence-electron chi connectivity index (χ2n) is 4.89. The Hall–Kier alpha value is -2.20. The largest absolute Gasteiger partial charge is 0.279 e. The van der Waals surface area contributed by atoms with Gasteiger partial charge in [-0.25, -0.2) is 9.97 Å². The highest BCUT2D eigenvalue weighted by Gasteiger charge is 2.23. The summed E-state index contributed by atoms with van der Waals surface area (Å²) in [5.74, 6) is 0.302. The predicted molar refractivity (Wildman–Crippen MR) is 77.8 cm³/mol. The molecule has 1 aliphatic carbocycles. The molecule has 0 spiro atoms. The summed E-state index contributed by atoms with van der Waals surface area (Å²) in [7, 11) is 1.62. The van der Waals surface area contributed by atoms with E-state index in [9.17, 15) is 0 Å². The molecule has 0 amide bonds. The number of allylic oxidation sites excluding steroid dienone is 1. The number of rotatable bonds is 3. The van der Waals surface area contributed by atoms with Crippen molar-refractivity contribution >= 4 is 5.70 Å². The first-order chi connectivity index (χ1) is 9.79. The maximum Gasteiger partial charge on any atom is 0.115 e. The summed E-state index contributed by atoms with van der Waals surface area (Å²) in [5.41, 5.74) is 8.28. The molecule has 2 aromatic rings. The zero-order valence-electron chi connectivity index (χ0n) is 11.6. The molecule has 0 saturated carbocycles. The van der Waals surface area contributed by atoms with Crippen LogP contribution >= 0.6 is 0 Å². The first kappa shape index (κ1) is 12.8. The van der Waals surface area contributed by atoms with Gasteiger partial charge in [0.2, 0.25) is 0 Å². The van der Waals surface area contributed by atoms with Crippen molar-refractivity contribution in [3.05, 3.63) is 65.2 Å². The van der Waals surface area contributed by atoms with Crippen LogP contribution in [-0.4, -0.2) is 17.1 Å². The standard InChI is InChI=1S/C16H17N3O/c1-11-16-14(18-10-17-11)8-13(9-15(16)19-20-2)12-6-4-3-5-7-12/h3-7,9-10,13,19H,8H2,1-2H3. The highest BCUT2D eigenvalue weighted by atomic mass is 16.6. The maximum atomic E-state index is 5.10. The van der Waals surface area contributed by atoms with E-state index in [2.05, 4.69) is 45.8 Å². The molecule has 0 bridgehead atoms. The fraction of sp³-hybridized carbons (Fsp3) is 0.250. The second kappa shape index (κ2) is 5.43. The molecule has 102 valence electrons. The van der Waals surface area contributed by atoms with Crippen molar-refractivity contribution < 1.29 is 4.84 Å². The molecular weight excluding hydrogens is 250 g/mol. The molecule has 0 aliphatic heterocycles. The zero-order valence-corrected chi connectivity index (χ0v) is 11.6. The molecule has 4 nitrogen and oxygen atoms in total. The number of hydrogen-bond acceptors (Lipinski definition) is 4. The van der Waals surface area contributed by atoms with Gasteiger partial charge in [0.25, 0.3) is 0 Å². The third-order valence-electron chi connectivity index (χ3n) is 3.61. The van der Waals surface area contributed by atoms with Crippen molar-refractivity contribution in [2.45, 2.75) is 19.3 Å². The van der Waals surface area contributed by atoms with E-state index in [1.54, 1.807) is 13.4 Å². The summed E-state index contributed by atoms with van der Waals surface area (Å²) in [6.07, 6.45) is 4.71. The first-order valence-corrected chi connectivity index (χ1v) is 6.66. The lowest BCUT2D eigenvalue weighted by Gasteiger charge is -2.24. The Morgan fingerprint density at radius 1 is 1.20 bits per heavy atom. The van der Waals surface area contributed by atoms with E-state index >= 15 is 0 Å². The Morgan fingerprint density at radius 3 is 2.75 bits per heavy atom. The highest BCUT2D eigenvalue weighted by molar-refractivity contribution is 5.70. The van der Waals surface area contributed by atoms with Crippen LogP contribution < -0.4 is 5.48 Å². The van der Waals surface area contributed by atoms with E-state index in [1.807, 2.05) is 13.0 Å². The number of aromatic nitrogens is 2. The minimum atomic E-state index is 0.302. The van der Waals surface area contributed by atoms with Gasteiger partial charge in [-0.15, -0.1) is 0 Å². The maximum absolute atomic E-state index is 5.10.